The highest BCUT2D eigenvalue weighted by Gasteiger charge is 2.28. The van der Waals surface area contributed by atoms with Gasteiger partial charge in [0.05, 0.1) is 19.3 Å². The summed E-state index contributed by atoms with van der Waals surface area (Å²) in [5.74, 6) is -0.766. The molecule has 1 saturated heterocycles. The molecule has 1 amide bonds. The van der Waals surface area contributed by atoms with Crippen LogP contribution in [0.25, 0.3) is 0 Å². The predicted octanol–water partition coefficient (Wildman–Crippen LogP) is 3.22. The van der Waals surface area contributed by atoms with E-state index in [2.05, 4.69) is 20.0 Å². The van der Waals surface area contributed by atoms with Crippen molar-refractivity contribution in [2.45, 2.75) is 59.1 Å². The second kappa shape index (κ2) is 12.0. The quantitative estimate of drug-likeness (QED) is 0.529. The second-order valence-corrected chi connectivity index (χ2v) is 8.29. The molecule has 2 aromatic heterocycles. The van der Waals surface area contributed by atoms with Crippen molar-refractivity contribution < 1.29 is 28.6 Å². The number of rotatable bonds is 5. The number of esters is 2. The molecule has 1 aliphatic heterocycles. The average molecular weight is 464 g/mol. The summed E-state index contributed by atoms with van der Waals surface area (Å²) in [5, 5.41) is 10.4. The van der Waals surface area contributed by atoms with Gasteiger partial charge in [-0.3, -0.25) is 9.78 Å². The zero-order valence-corrected chi connectivity index (χ0v) is 19.9. The van der Waals surface area contributed by atoms with Gasteiger partial charge in [-0.25, -0.2) is 14.4 Å². The zero-order valence-electron chi connectivity index (χ0n) is 19.9. The fourth-order valence-corrected chi connectivity index (χ4v) is 3.07. The molecule has 11 nitrogen and oxygen atoms in total. The van der Waals surface area contributed by atoms with Crippen molar-refractivity contribution >= 4 is 18.0 Å². The van der Waals surface area contributed by atoms with E-state index < -0.39 is 11.6 Å². The van der Waals surface area contributed by atoms with Gasteiger partial charge in [-0.15, -0.1) is 0 Å². The number of amides is 1. The number of nitrogens with one attached hydrogen (secondary N) is 1. The molecular weight excluding hydrogens is 430 g/mol. The number of ether oxygens (including phenoxy) is 3. The number of likely N-dealkylation sites (tertiary alicyclic amines) is 1. The first-order chi connectivity index (χ1) is 15.6. The van der Waals surface area contributed by atoms with E-state index in [9.17, 15) is 14.4 Å². The largest absolute Gasteiger partial charge is 0.461 e. The van der Waals surface area contributed by atoms with Crippen LogP contribution in [0.4, 0.5) is 4.79 Å². The number of nitrogens with zero attached hydrogens (tertiary/aromatic N) is 4. The monoisotopic (exact) mass is 463 g/mol. The van der Waals surface area contributed by atoms with Crippen LogP contribution in [-0.4, -0.2) is 74.8 Å². The van der Waals surface area contributed by atoms with E-state index in [0.29, 0.717) is 37.7 Å². The topological polar surface area (TPSA) is 129 Å². The molecule has 1 N–H and O–H groups in total. The average Bonchev–Trinajstić information content (AvgIpc) is 3.46. The number of piperidine rings is 1. The summed E-state index contributed by atoms with van der Waals surface area (Å²) in [5.41, 5.74) is 0.230. The van der Waals surface area contributed by atoms with Gasteiger partial charge in [0.1, 0.15) is 11.3 Å². The zero-order chi connectivity index (χ0) is 24.4. The first-order valence-electron chi connectivity index (χ1n) is 11.0. The first kappa shape index (κ1) is 25.9. The maximum Gasteiger partial charge on any atom is 0.410 e. The Kier molecular flexibility index (Phi) is 9.43. The van der Waals surface area contributed by atoms with Gasteiger partial charge < -0.3 is 19.1 Å². The highest BCUT2D eigenvalue weighted by molar-refractivity contribution is 5.87. The molecule has 182 valence electrons. The van der Waals surface area contributed by atoms with Crippen molar-refractivity contribution in [2.75, 3.05) is 26.3 Å². The number of hydrogen-bond acceptors (Lipinski definition) is 8. The normalized spacial score (nSPS) is 14.2. The molecule has 2 aromatic rings. The summed E-state index contributed by atoms with van der Waals surface area (Å²) in [6, 6.07) is 3.41. The van der Waals surface area contributed by atoms with Crippen LogP contribution in [0.1, 0.15) is 74.5 Å². The number of aromatic nitrogens is 4. The van der Waals surface area contributed by atoms with Gasteiger partial charge in [-0.2, -0.15) is 10.2 Å². The van der Waals surface area contributed by atoms with Crippen molar-refractivity contribution in [2.24, 2.45) is 0 Å². The van der Waals surface area contributed by atoms with Crippen molar-refractivity contribution in [3.63, 3.8) is 0 Å². The predicted molar refractivity (Wildman–Crippen MR) is 119 cm³/mol. The fourth-order valence-electron chi connectivity index (χ4n) is 3.07. The molecule has 0 radical (unpaired) electrons. The third kappa shape index (κ3) is 8.24. The molecule has 0 spiro atoms. The molecular formula is C22H33N5O6. The summed E-state index contributed by atoms with van der Waals surface area (Å²) < 4.78 is 16.8. The Morgan fingerprint density at radius 2 is 1.70 bits per heavy atom. The van der Waals surface area contributed by atoms with Gasteiger partial charge in [0, 0.05) is 25.5 Å². The molecule has 0 bridgehead atoms. The lowest BCUT2D eigenvalue weighted by Gasteiger charge is -2.33. The van der Waals surface area contributed by atoms with Gasteiger partial charge in [0.2, 0.25) is 0 Å². The molecule has 3 rings (SSSR count). The summed E-state index contributed by atoms with van der Waals surface area (Å²) >= 11 is 0. The number of carbonyl (C=O) groups is 3. The van der Waals surface area contributed by atoms with Crippen LogP contribution < -0.4 is 0 Å². The Morgan fingerprint density at radius 3 is 2.24 bits per heavy atom. The van der Waals surface area contributed by atoms with E-state index in [4.69, 9.17) is 9.47 Å². The summed E-state index contributed by atoms with van der Waals surface area (Å²) in [6.45, 7) is 11.1. The number of H-pyrrole nitrogens is 1. The highest BCUT2D eigenvalue weighted by Crippen LogP contribution is 2.23. The summed E-state index contributed by atoms with van der Waals surface area (Å²) in [4.78, 5) is 36.2. The molecule has 33 heavy (non-hydrogen) atoms. The van der Waals surface area contributed by atoms with E-state index in [1.54, 1.807) is 41.8 Å². The van der Waals surface area contributed by atoms with E-state index in [1.165, 1.54) is 6.20 Å². The van der Waals surface area contributed by atoms with Crippen molar-refractivity contribution in [3.8, 4) is 0 Å². The molecule has 1 fully saturated rings. The van der Waals surface area contributed by atoms with Crippen LogP contribution >= 0.6 is 0 Å². The second-order valence-electron chi connectivity index (χ2n) is 8.29. The van der Waals surface area contributed by atoms with Gasteiger partial charge in [-0.05, 0) is 59.6 Å². The van der Waals surface area contributed by atoms with Gasteiger partial charge in [-0.1, -0.05) is 0 Å². The van der Waals surface area contributed by atoms with E-state index in [0.717, 1.165) is 12.8 Å². The molecule has 1 aliphatic rings. The summed E-state index contributed by atoms with van der Waals surface area (Å²) in [7, 11) is 0. The SMILES string of the molecule is CCOC(=O)c1ccn(C2CCN(C(=O)OC(C)(C)C)CC2)n1.CCOC(=O)c1ccn[nH]1. The first-order valence-corrected chi connectivity index (χ1v) is 11.0. The molecule has 0 aromatic carbocycles. The highest BCUT2D eigenvalue weighted by atomic mass is 16.6. The fraction of sp³-hybridized carbons (Fsp3) is 0.591. The van der Waals surface area contributed by atoms with Crippen LogP contribution in [-0.2, 0) is 14.2 Å². The Hall–Kier alpha value is -3.37. The minimum absolute atomic E-state index is 0.178. The maximum atomic E-state index is 12.0. The number of aromatic amines is 1. The van der Waals surface area contributed by atoms with E-state index in [-0.39, 0.29) is 18.1 Å². The number of carbonyl (C=O) groups excluding carboxylic acids is 3. The lowest BCUT2D eigenvalue weighted by atomic mass is 10.1. The van der Waals surface area contributed by atoms with Gasteiger partial charge in [0.15, 0.2) is 5.69 Å². The summed E-state index contributed by atoms with van der Waals surface area (Å²) in [6.07, 6.45) is 4.59. The molecule has 11 heteroatoms. The van der Waals surface area contributed by atoms with Crippen LogP contribution in [0.3, 0.4) is 0 Å². The van der Waals surface area contributed by atoms with Gasteiger partial charge >= 0.3 is 18.0 Å². The molecule has 0 aliphatic carbocycles. The van der Waals surface area contributed by atoms with Crippen molar-refractivity contribution in [1.82, 2.24) is 24.9 Å². The lowest BCUT2D eigenvalue weighted by Crippen LogP contribution is -2.42. The van der Waals surface area contributed by atoms with E-state index in [1.807, 2.05) is 20.8 Å². The van der Waals surface area contributed by atoms with Crippen molar-refractivity contribution in [1.29, 1.82) is 0 Å². The Balaban J connectivity index is 0.000000321. The lowest BCUT2D eigenvalue weighted by molar-refractivity contribution is 0.0184. The maximum absolute atomic E-state index is 12.0. The van der Waals surface area contributed by atoms with E-state index >= 15 is 0 Å². The molecule has 3 heterocycles. The smallest absolute Gasteiger partial charge is 0.410 e. The van der Waals surface area contributed by atoms with Crippen molar-refractivity contribution in [3.05, 3.63) is 35.9 Å². The van der Waals surface area contributed by atoms with Crippen LogP contribution in [0, 0.1) is 0 Å². The van der Waals surface area contributed by atoms with Crippen LogP contribution in [0.2, 0.25) is 0 Å². The minimum atomic E-state index is -0.482. The molecule has 0 atom stereocenters. The van der Waals surface area contributed by atoms with Crippen LogP contribution in [0.15, 0.2) is 24.5 Å². The third-order valence-corrected chi connectivity index (χ3v) is 4.58. The Labute approximate surface area is 193 Å². The molecule has 0 unspecified atom stereocenters. The Morgan fingerprint density at radius 1 is 1.06 bits per heavy atom. The minimum Gasteiger partial charge on any atom is -0.461 e. The standard InChI is InChI=1S/C16H25N3O4.C6H8N2O2/c1-5-22-14(20)13-8-11-19(17-13)12-6-9-18(10-7-12)15(21)23-16(2,3)4;1-2-10-6(9)5-3-4-7-8-5/h8,11-12H,5-7,9-10H2,1-4H3;3-4H,2H2,1H3,(H,7,8). The Bertz CT molecular complexity index is 895. The van der Waals surface area contributed by atoms with Gasteiger partial charge in [0.25, 0.3) is 0 Å². The molecule has 0 saturated carbocycles. The number of hydrogen-bond donors (Lipinski definition) is 1. The van der Waals surface area contributed by atoms with Crippen LogP contribution in [0.5, 0.6) is 0 Å². The third-order valence-electron chi connectivity index (χ3n) is 4.58.